The van der Waals surface area contributed by atoms with Crippen molar-refractivity contribution in [1.29, 1.82) is 0 Å². The second kappa shape index (κ2) is 4.54. The van der Waals surface area contributed by atoms with Gasteiger partial charge in [-0.1, -0.05) is 5.16 Å². The van der Waals surface area contributed by atoms with Crippen LogP contribution >= 0.6 is 0 Å². The average molecular weight is 240 g/mol. The molecule has 1 aliphatic heterocycles. The predicted molar refractivity (Wildman–Crippen MR) is 54.5 cm³/mol. The van der Waals surface area contributed by atoms with Crippen LogP contribution in [0.2, 0.25) is 0 Å². The number of amides is 1. The van der Waals surface area contributed by atoms with Crippen molar-refractivity contribution in [2.24, 2.45) is 0 Å². The standard InChI is InChI=1S/C10H12N2O5/c1-6-7(4-11-17-6)9(13)12-2-3-16-8(5-12)10(14)15/h4,8H,2-3,5H2,1H3,(H,14,15). The van der Waals surface area contributed by atoms with Crippen LogP contribution in [0.1, 0.15) is 16.1 Å². The van der Waals surface area contributed by atoms with Gasteiger partial charge in [-0.15, -0.1) is 0 Å². The summed E-state index contributed by atoms with van der Waals surface area (Å²) in [7, 11) is 0. The molecule has 1 aromatic heterocycles. The van der Waals surface area contributed by atoms with E-state index in [4.69, 9.17) is 14.4 Å². The van der Waals surface area contributed by atoms with Crippen LogP contribution in [0.15, 0.2) is 10.7 Å². The van der Waals surface area contributed by atoms with E-state index < -0.39 is 12.1 Å². The van der Waals surface area contributed by atoms with Crippen molar-refractivity contribution in [3.63, 3.8) is 0 Å². The van der Waals surface area contributed by atoms with Crippen molar-refractivity contribution < 1.29 is 24.0 Å². The van der Waals surface area contributed by atoms with Gasteiger partial charge in [-0.3, -0.25) is 4.79 Å². The zero-order valence-electron chi connectivity index (χ0n) is 9.25. The minimum absolute atomic E-state index is 0.0405. The lowest BCUT2D eigenvalue weighted by atomic mass is 10.2. The number of carboxylic acid groups (broad SMARTS) is 1. The Morgan fingerprint density at radius 3 is 2.94 bits per heavy atom. The number of rotatable bonds is 2. The molecular weight excluding hydrogens is 228 g/mol. The normalized spacial score (nSPS) is 20.3. The summed E-state index contributed by atoms with van der Waals surface area (Å²) in [5, 5.41) is 12.4. The van der Waals surface area contributed by atoms with Crippen molar-refractivity contribution in [2.75, 3.05) is 19.7 Å². The van der Waals surface area contributed by atoms with E-state index in [1.54, 1.807) is 6.92 Å². The maximum Gasteiger partial charge on any atom is 0.334 e. The molecule has 17 heavy (non-hydrogen) atoms. The number of hydrogen-bond acceptors (Lipinski definition) is 5. The number of morpholine rings is 1. The van der Waals surface area contributed by atoms with Gasteiger partial charge in [0.15, 0.2) is 6.10 Å². The van der Waals surface area contributed by atoms with Gasteiger partial charge in [0, 0.05) is 6.54 Å². The number of carbonyl (C=O) groups is 2. The number of carbonyl (C=O) groups excluding carboxylic acids is 1. The Morgan fingerprint density at radius 1 is 1.59 bits per heavy atom. The lowest BCUT2D eigenvalue weighted by Gasteiger charge is -2.30. The molecular formula is C10H12N2O5. The minimum atomic E-state index is -1.07. The molecule has 7 heteroatoms. The first-order valence-electron chi connectivity index (χ1n) is 5.14. The SMILES string of the molecule is Cc1oncc1C(=O)N1CCOC(C(=O)O)C1. The molecule has 1 atom stereocenters. The Balaban J connectivity index is 2.10. The first-order chi connectivity index (χ1) is 8.09. The molecule has 0 bridgehead atoms. The van der Waals surface area contributed by atoms with Crippen molar-refractivity contribution in [1.82, 2.24) is 10.1 Å². The Hall–Kier alpha value is -1.89. The molecule has 0 aliphatic carbocycles. The molecule has 2 rings (SSSR count). The van der Waals surface area contributed by atoms with Gasteiger partial charge < -0.3 is 19.3 Å². The summed E-state index contributed by atoms with van der Waals surface area (Å²) in [6.07, 6.45) is 0.371. The van der Waals surface area contributed by atoms with Crippen molar-refractivity contribution in [2.45, 2.75) is 13.0 Å². The number of hydrogen-bond donors (Lipinski definition) is 1. The van der Waals surface area contributed by atoms with Crippen molar-refractivity contribution >= 4 is 11.9 Å². The zero-order chi connectivity index (χ0) is 12.4. The van der Waals surface area contributed by atoms with Gasteiger partial charge in [0.2, 0.25) is 0 Å². The highest BCUT2D eigenvalue weighted by Crippen LogP contribution is 2.13. The van der Waals surface area contributed by atoms with Crippen LogP contribution in [0.25, 0.3) is 0 Å². The van der Waals surface area contributed by atoms with E-state index in [0.29, 0.717) is 17.9 Å². The quantitative estimate of drug-likeness (QED) is 0.776. The molecule has 1 unspecified atom stereocenters. The number of nitrogens with zero attached hydrogens (tertiary/aromatic N) is 2. The molecule has 1 amide bonds. The Kier molecular flexibility index (Phi) is 3.10. The number of aryl methyl sites for hydroxylation is 1. The highest BCUT2D eigenvalue weighted by molar-refractivity contribution is 5.95. The molecule has 1 aliphatic rings. The molecule has 0 saturated carbocycles. The third-order valence-corrected chi connectivity index (χ3v) is 2.61. The molecule has 0 aromatic carbocycles. The highest BCUT2D eigenvalue weighted by atomic mass is 16.5. The van der Waals surface area contributed by atoms with Gasteiger partial charge in [0.1, 0.15) is 11.3 Å². The summed E-state index contributed by atoms with van der Waals surface area (Å²) in [5.41, 5.74) is 0.357. The van der Waals surface area contributed by atoms with E-state index in [9.17, 15) is 9.59 Å². The van der Waals surface area contributed by atoms with Crippen molar-refractivity contribution in [3.8, 4) is 0 Å². The summed E-state index contributed by atoms with van der Waals surface area (Å²) in [4.78, 5) is 24.2. The molecule has 1 N–H and O–H groups in total. The summed E-state index contributed by atoms with van der Waals surface area (Å²) in [6.45, 7) is 2.26. The van der Waals surface area contributed by atoms with Crippen LogP contribution in [-0.4, -0.2) is 52.8 Å². The molecule has 1 aromatic rings. The second-order valence-corrected chi connectivity index (χ2v) is 3.74. The fourth-order valence-electron chi connectivity index (χ4n) is 1.66. The Bertz CT molecular complexity index is 442. The third kappa shape index (κ3) is 2.28. The van der Waals surface area contributed by atoms with Crippen LogP contribution in [0, 0.1) is 6.92 Å². The smallest absolute Gasteiger partial charge is 0.334 e. The molecule has 1 fully saturated rings. The molecule has 1 saturated heterocycles. The number of aromatic nitrogens is 1. The Labute approximate surface area is 96.9 Å². The Morgan fingerprint density at radius 2 is 2.35 bits per heavy atom. The zero-order valence-corrected chi connectivity index (χ0v) is 9.25. The van der Waals surface area contributed by atoms with Crippen LogP contribution in [-0.2, 0) is 9.53 Å². The van der Waals surface area contributed by atoms with Crippen LogP contribution in [0.5, 0.6) is 0 Å². The van der Waals surface area contributed by atoms with Gasteiger partial charge >= 0.3 is 5.97 Å². The summed E-state index contributed by atoms with van der Waals surface area (Å²) in [5.74, 6) is -0.920. The van der Waals surface area contributed by atoms with Gasteiger partial charge in [0.25, 0.3) is 5.91 Å². The molecule has 0 radical (unpaired) electrons. The van der Waals surface area contributed by atoms with Gasteiger partial charge in [0.05, 0.1) is 19.3 Å². The molecule has 2 heterocycles. The van der Waals surface area contributed by atoms with Crippen LogP contribution < -0.4 is 0 Å². The third-order valence-electron chi connectivity index (χ3n) is 2.61. The van der Waals surface area contributed by atoms with Crippen molar-refractivity contribution in [3.05, 3.63) is 17.5 Å². The molecule has 92 valence electrons. The van der Waals surface area contributed by atoms with E-state index in [2.05, 4.69) is 5.16 Å². The first-order valence-corrected chi connectivity index (χ1v) is 5.14. The lowest BCUT2D eigenvalue weighted by molar-refractivity contribution is -0.154. The first kappa shape index (κ1) is 11.6. The van der Waals surface area contributed by atoms with E-state index in [1.807, 2.05) is 0 Å². The van der Waals surface area contributed by atoms with Crippen LogP contribution in [0.3, 0.4) is 0 Å². The van der Waals surface area contributed by atoms with E-state index >= 15 is 0 Å². The minimum Gasteiger partial charge on any atom is -0.479 e. The maximum atomic E-state index is 12.0. The van der Waals surface area contributed by atoms with E-state index in [1.165, 1.54) is 11.1 Å². The fraction of sp³-hybridized carbons (Fsp3) is 0.500. The average Bonchev–Trinajstić information content (AvgIpc) is 2.74. The van der Waals surface area contributed by atoms with Crippen LogP contribution in [0.4, 0.5) is 0 Å². The highest BCUT2D eigenvalue weighted by Gasteiger charge is 2.30. The van der Waals surface area contributed by atoms with E-state index in [-0.39, 0.29) is 19.1 Å². The van der Waals surface area contributed by atoms with Gasteiger partial charge in [-0.25, -0.2) is 4.79 Å². The summed E-state index contributed by atoms with van der Waals surface area (Å²) >= 11 is 0. The van der Waals surface area contributed by atoms with Gasteiger partial charge in [-0.2, -0.15) is 0 Å². The van der Waals surface area contributed by atoms with Gasteiger partial charge in [-0.05, 0) is 6.92 Å². The predicted octanol–water partition coefficient (Wildman–Crippen LogP) is -0.0914. The maximum absolute atomic E-state index is 12.0. The number of aliphatic carboxylic acids is 1. The number of ether oxygens (including phenoxy) is 1. The topological polar surface area (TPSA) is 92.9 Å². The largest absolute Gasteiger partial charge is 0.479 e. The summed E-state index contributed by atoms with van der Waals surface area (Å²) < 4.78 is 9.84. The fourth-order valence-corrected chi connectivity index (χ4v) is 1.66. The van der Waals surface area contributed by atoms with E-state index in [0.717, 1.165) is 0 Å². The number of carboxylic acids is 1. The summed E-state index contributed by atoms with van der Waals surface area (Å²) in [6, 6.07) is 0. The lowest BCUT2D eigenvalue weighted by Crippen LogP contribution is -2.48. The molecule has 0 spiro atoms. The second-order valence-electron chi connectivity index (χ2n) is 3.74. The molecule has 7 nitrogen and oxygen atoms in total. The monoisotopic (exact) mass is 240 g/mol.